The molecule has 0 bridgehead atoms. The molecule has 3 aromatic rings. The molecule has 1 unspecified atom stereocenters. The minimum absolute atomic E-state index is 0.139. The Morgan fingerprint density at radius 2 is 2.00 bits per heavy atom. The molecule has 0 aromatic carbocycles. The number of pyridine rings is 1. The number of aromatic nitrogens is 5. The molecule has 1 amide bonds. The lowest BCUT2D eigenvalue weighted by Crippen LogP contribution is -2.33. The molecule has 31 heavy (non-hydrogen) atoms. The smallest absolute Gasteiger partial charge is 0.342 e. The summed E-state index contributed by atoms with van der Waals surface area (Å²) in [7, 11) is 1.32. The minimum atomic E-state index is -4.60. The highest BCUT2D eigenvalue weighted by molar-refractivity contribution is 5.93. The van der Waals surface area contributed by atoms with Gasteiger partial charge in [-0.2, -0.15) is 23.4 Å². The summed E-state index contributed by atoms with van der Waals surface area (Å²) in [6.45, 7) is 4.85. The predicted octanol–water partition coefficient (Wildman–Crippen LogP) is 4.09. The highest BCUT2D eigenvalue weighted by Gasteiger charge is 2.36. The van der Waals surface area contributed by atoms with Gasteiger partial charge in [0.1, 0.15) is 5.69 Å². The fourth-order valence-electron chi connectivity index (χ4n) is 3.74. The number of nitrogens with zero attached hydrogens (tertiary/aromatic N) is 5. The number of carbonyl (C=O) groups is 1. The fourth-order valence-corrected chi connectivity index (χ4v) is 3.74. The number of halogens is 3. The summed E-state index contributed by atoms with van der Waals surface area (Å²) in [5.74, 6) is -0.317. The molecule has 0 aliphatic carbocycles. The fraction of sp³-hybridized carbons (Fsp3) is 0.429. The number of alkyl halides is 3. The van der Waals surface area contributed by atoms with Crippen LogP contribution < -0.4 is 5.32 Å². The molecule has 1 N–H and O–H groups in total. The van der Waals surface area contributed by atoms with Crippen molar-refractivity contribution in [3.8, 4) is 11.3 Å². The van der Waals surface area contributed by atoms with Crippen LogP contribution in [0.4, 0.5) is 13.2 Å². The molecule has 1 aliphatic heterocycles. The SMILES string of the molecule is CC(C)c1cc(-c2cc3n(n2)CCCC3NC(=O)c2cc(C(F)(F)F)nn2C)ccn1. The largest absolute Gasteiger partial charge is 0.435 e. The molecule has 164 valence electrons. The zero-order chi connectivity index (χ0) is 22.3. The van der Waals surface area contributed by atoms with E-state index in [1.807, 2.05) is 22.9 Å². The molecule has 0 radical (unpaired) electrons. The Morgan fingerprint density at radius 3 is 2.68 bits per heavy atom. The first kappa shape index (κ1) is 21.1. The maximum atomic E-state index is 12.9. The van der Waals surface area contributed by atoms with Gasteiger partial charge in [-0.05, 0) is 37.0 Å². The van der Waals surface area contributed by atoms with Crippen molar-refractivity contribution >= 4 is 5.91 Å². The summed E-state index contributed by atoms with van der Waals surface area (Å²) in [6, 6.07) is 6.24. The van der Waals surface area contributed by atoms with Crippen molar-refractivity contribution in [2.45, 2.75) is 51.4 Å². The second kappa shape index (κ2) is 7.82. The van der Waals surface area contributed by atoms with Crippen molar-refractivity contribution in [2.75, 3.05) is 0 Å². The second-order valence-corrected chi connectivity index (χ2v) is 8.01. The predicted molar refractivity (Wildman–Crippen MR) is 107 cm³/mol. The molecule has 0 spiro atoms. The monoisotopic (exact) mass is 432 g/mol. The standard InChI is InChI=1S/C21H23F3N6O/c1-12(2)15-9-13(6-7-25-15)16-10-17-14(5-4-8-30(17)27-16)26-20(31)18-11-19(21(22,23)24)28-29(18)3/h6-7,9-12,14H,4-5,8H2,1-3H3,(H,26,31). The number of aryl methyl sites for hydroxylation is 2. The molecule has 1 aliphatic rings. The van der Waals surface area contributed by atoms with Crippen molar-refractivity contribution < 1.29 is 18.0 Å². The number of nitrogens with one attached hydrogen (secondary N) is 1. The molecule has 0 saturated heterocycles. The summed E-state index contributed by atoms with van der Waals surface area (Å²) in [6.07, 6.45) is -1.38. The summed E-state index contributed by atoms with van der Waals surface area (Å²) in [5.41, 5.74) is 2.28. The maximum absolute atomic E-state index is 12.9. The summed E-state index contributed by atoms with van der Waals surface area (Å²) >= 11 is 0. The van der Waals surface area contributed by atoms with Crippen molar-refractivity contribution in [1.82, 2.24) is 29.9 Å². The molecule has 4 rings (SSSR count). The van der Waals surface area contributed by atoms with E-state index in [0.29, 0.717) is 13.0 Å². The maximum Gasteiger partial charge on any atom is 0.435 e. The average molecular weight is 432 g/mol. The van der Waals surface area contributed by atoms with E-state index in [9.17, 15) is 18.0 Å². The number of carbonyl (C=O) groups excluding carboxylic acids is 1. The van der Waals surface area contributed by atoms with Crippen LogP contribution in [0.15, 0.2) is 30.5 Å². The van der Waals surface area contributed by atoms with Crippen LogP contribution in [-0.2, 0) is 19.8 Å². The molecule has 7 nitrogen and oxygen atoms in total. The van der Waals surface area contributed by atoms with Crippen LogP contribution in [0.1, 0.15) is 66.2 Å². The van der Waals surface area contributed by atoms with Crippen molar-refractivity contribution in [3.05, 3.63) is 53.2 Å². The van der Waals surface area contributed by atoms with Crippen LogP contribution in [-0.4, -0.2) is 30.5 Å². The summed E-state index contributed by atoms with van der Waals surface area (Å²) < 4.78 is 41.6. The minimum Gasteiger partial charge on any atom is -0.342 e. The van der Waals surface area contributed by atoms with E-state index in [0.717, 1.165) is 39.8 Å². The second-order valence-electron chi connectivity index (χ2n) is 8.01. The third-order valence-corrected chi connectivity index (χ3v) is 5.41. The van der Waals surface area contributed by atoms with Crippen LogP contribution >= 0.6 is 0 Å². The third kappa shape index (κ3) is 4.19. The van der Waals surface area contributed by atoms with Crippen molar-refractivity contribution in [2.24, 2.45) is 7.05 Å². The zero-order valence-corrected chi connectivity index (χ0v) is 17.4. The highest BCUT2D eigenvalue weighted by atomic mass is 19.4. The van der Waals surface area contributed by atoms with E-state index >= 15 is 0 Å². The van der Waals surface area contributed by atoms with Gasteiger partial charge in [0.25, 0.3) is 5.91 Å². The van der Waals surface area contributed by atoms with Gasteiger partial charge in [-0.3, -0.25) is 19.1 Å². The van der Waals surface area contributed by atoms with Gasteiger partial charge >= 0.3 is 6.18 Å². The van der Waals surface area contributed by atoms with Gasteiger partial charge < -0.3 is 5.32 Å². The zero-order valence-electron chi connectivity index (χ0n) is 17.4. The van der Waals surface area contributed by atoms with E-state index in [2.05, 4.69) is 34.3 Å². The summed E-state index contributed by atoms with van der Waals surface area (Å²) in [5, 5.41) is 10.9. The third-order valence-electron chi connectivity index (χ3n) is 5.41. The van der Waals surface area contributed by atoms with E-state index in [1.165, 1.54) is 7.05 Å². The molecule has 3 aromatic heterocycles. The van der Waals surface area contributed by atoms with E-state index < -0.39 is 17.8 Å². The molecule has 4 heterocycles. The molecule has 0 saturated carbocycles. The van der Waals surface area contributed by atoms with Crippen LogP contribution in [0.3, 0.4) is 0 Å². The number of rotatable bonds is 4. The Balaban J connectivity index is 1.59. The summed E-state index contributed by atoms with van der Waals surface area (Å²) in [4.78, 5) is 17.1. The first-order chi connectivity index (χ1) is 14.6. The Morgan fingerprint density at radius 1 is 1.23 bits per heavy atom. The normalized spacial score (nSPS) is 16.4. The Hall–Kier alpha value is -3.17. The van der Waals surface area contributed by atoms with Crippen LogP contribution in [0.2, 0.25) is 0 Å². The average Bonchev–Trinajstić information content (AvgIpc) is 3.32. The molecular weight excluding hydrogens is 409 g/mol. The van der Waals surface area contributed by atoms with Gasteiger partial charge in [0.15, 0.2) is 5.69 Å². The van der Waals surface area contributed by atoms with Gasteiger partial charge in [0.05, 0.1) is 17.4 Å². The van der Waals surface area contributed by atoms with Crippen LogP contribution in [0.5, 0.6) is 0 Å². The lowest BCUT2D eigenvalue weighted by Gasteiger charge is -2.24. The topological polar surface area (TPSA) is 77.6 Å². The van der Waals surface area contributed by atoms with Gasteiger partial charge in [0, 0.05) is 37.1 Å². The van der Waals surface area contributed by atoms with Crippen molar-refractivity contribution in [1.29, 1.82) is 0 Å². The highest BCUT2D eigenvalue weighted by Crippen LogP contribution is 2.31. The van der Waals surface area contributed by atoms with Crippen LogP contribution in [0.25, 0.3) is 11.3 Å². The van der Waals surface area contributed by atoms with Crippen LogP contribution in [0, 0.1) is 0 Å². The molecule has 1 atom stereocenters. The van der Waals surface area contributed by atoms with Gasteiger partial charge in [-0.25, -0.2) is 0 Å². The quantitative estimate of drug-likeness (QED) is 0.674. The van der Waals surface area contributed by atoms with E-state index in [4.69, 9.17) is 0 Å². The van der Waals surface area contributed by atoms with E-state index in [-0.39, 0.29) is 17.7 Å². The number of hydrogen-bond acceptors (Lipinski definition) is 4. The number of amides is 1. The molecule has 0 fully saturated rings. The van der Waals surface area contributed by atoms with E-state index in [1.54, 1.807) is 6.20 Å². The first-order valence-corrected chi connectivity index (χ1v) is 10.1. The number of hydrogen-bond donors (Lipinski definition) is 1. The Bertz CT molecular complexity index is 1110. The first-order valence-electron chi connectivity index (χ1n) is 10.1. The molecular formula is C21H23F3N6O. The molecule has 10 heteroatoms. The Kier molecular flexibility index (Phi) is 5.32. The van der Waals surface area contributed by atoms with Gasteiger partial charge in [-0.1, -0.05) is 13.8 Å². The lowest BCUT2D eigenvalue weighted by atomic mass is 10.0. The Labute approximate surface area is 177 Å². The number of fused-ring (bicyclic) bond motifs is 1. The van der Waals surface area contributed by atoms with Crippen molar-refractivity contribution in [3.63, 3.8) is 0 Å². The van der Waals surface area contributed by atoms with Gasteiger partial charge in [-0.15, -0.1) is 0 Å². The van der Waals surface area contributed by atoms with Gasteiger partial charge in [0.2, 0.25) is 0 Å². The lowest BCUT2D eigenvalue weighted by molar-refractivity contribution is -0.141.